The van der Waals surface area contributed by atoms with Gasteiger partial charge >= 0.3 is 17.9 Å². The highest BCUT2D eigenvalue weighted by atomic mass is 16.6. The van der Waals surface area contributed by atoms with Crippen molar-refractivity contribution in [1.82, 2.24) is 0 Å². The molecule has 0 aromatic carbocycles. The summed E-state index contributed by atoms with van der Waals surface area (Å²) >= 11 is 0. The first kappa shape index (κ1) is 31.3. The van der Waals surface area contributed by atoms with Crippen LogP contribution in [0.5, 0.6) is 0 Å². The van der Waals surface area contributed by atoms with Crippen molar-refractivity contribution in [3.8, 4) is 0 Å². The number of carbonyl (C=O) groups is 3. The summed E-state index contributed by atoms with van der Waals surface area (Å²) in [5.41, 5.74) is 0. The average molecular weight is 477 g/mol. The molecule has 0 radical (unpaired) electrons. The third-order valence-corrected chi connectivity index (χ3v) is 5.07. The first-order valence-corrected chi connectivity index (χ1v) is 12.3. The Hall–Kier alpha value is -1.71. The van der Waals surface area contributed by atoms with Crippen molar-refractivity contribution in [2.75, 3.05) is 13.2 Å². The fraction of sp³-hybridized carbons (Fsp3) is 0.875. The van der Waals surface area contributed by atoms with Gasteiger partial charge in [0.2, 0.25) is 0 Å². The van der Waals surface area contributed by atoms with E-state index in [0.717, 1.165) is 19.3 Å². The fourth-order valence-corrected chi connectivity index (χ4v) is 3.16. The lowest BCUT2D eigenvalue weighted by Crippen LogP contribution is -2.31. The molecule has 0 amide bonds. The molecule has 0 aromatic heterocycles. The lowest BCUT2D eigenvalue weighted by Gasteiger charge is -2.19. The van der Waals surface area contributed by atoms with Crippen LogP contribution >= 0.6 is 0 Å². The van der Waals surface area contributed by atoms with E-state index in [1.807, 2.05) is 20.8 Å². The summed E-state index contributed by atoms with van der Waals surface area (Å²) in [6, 6.07) is 0. The Bertz CT molecular complexity index is 506. The molecule has 33 heavy (non-hydrogen) atoms. The Morgan fingerprint density at radius 2 is 0.909 bits per heavy atom. The van der Waals surface area contributed by atoms with E-state index in [1.54, 1.807) is 0 Å². The second-order valence-electron chi connectivity index (χ2n) is 8.42. The van der Waals surface area contributed by atoms with Crippen molar-refractivity contribution in [2.24, 2.45) is 0 Å². The topological polar surface area (TPSA) is 140 Å². The molecule has 0 aromatic rings. The summed E-state index contributed by atoms with van der Waals surface area (Å²) in [5, 5.41) is 29.2. The number of esters is 3. The van der Waals surface area contributed by atoms with Crippen LogP contribution in [0.1, 0.15) is 97.8 Å². The van der Waals surface area contributed by atoms with Crippen LogP contribution < -0.4 is 0 Å². The molecule has 0 rings (SSSR count). The molecule has 0 aliphatic carbocycles. The summed E-state index contributed by atoms with van der Waals surface area (Å²) < 4.78 is 15.6. The molecule has 9 nitrogen and oxygen atoms in total. The molecule has 0 aliphatic heterocycles. The summed E-state index contributed by atoms with van der Waals surface area (Å²) in [6.07, 6.45) is 2.33. The number of hydrogen-bond donors (Lipinski definition) is 3. The van der Waals surface area contributed by atoms with Crippen molar-refractivity contribution in [2.45, 2.75) is 122 Å². The van der Waals surface area contributed by atoms with E-state index in [-0.39, 0.29) is 51.7 Å². The van der Waals surface area contributed by atoms with Gasteiger partial charge in [0.15, 0.2) is 6.10 Å². The van der Waals surface area contributed by atoms with Gasteiger partial charge in [-0.3, -0.25) is 14.4 Å². The van der Waals surface area contributed by atoms with E-state index in [0.29, 0.717) is 19.3 Å². The molecule has 0 bridgehead atoms. The van der Waals surface area contributed by atoms with E-state index < -0.39 is 42.3 Å². The van der Waals surface area contributed by atoms with Crippen molar-refractivity contribution in [1.29, 1.82) is 0 Å². The highest BCUT2D eigenvalue weighted by molar-refractivity contribution is 5.71. The highest BCUT2D eigenvalue weighted by Crippen LogP contribution is 2.10. The molecule has 0 aliphatic rings. The Morgan fingerprint density at radius 1 is 0.576 bits per heavy atom. The van der Waals surface area contributed by atoms with Gasteiger partial charge in [-0.15, -0.1) is 0 Å². The average Bonchev–Trinajstić information content (AvgIpc) is 2.77. The molecular formula is C24H44O9. The number of carbonyl (C=O) groups excluding carboxylic acids is 3. The minimum absolute atomic E-state index is 0.00796. The second kappa shape index (κ2) is 19.7. The fourth-order valence-electron chi connectivity index (χ4n) is 3.16. The molecule has 3 unspecified atom stereocenters. The standard InChI is InChI=1S/C24H44O9/c1-4-7-18(25)10-13-22(28)31-16-21(33-24(30)15-12-20(27)9-6-3)17-32-23(29)14-11-19(26)8-5-2/h18-21,25-27H,4-17H2,1-3H3. The largest absolute Gasteiger partial charge is 0.462 e. The number of aliphatic hydroxyl groups excluding tert-OH is 3. The Labute approximate surface area is 197 Å². The van der Waals surface area contributed by atoms with Crippen LogP contribution in [0, 0.1) is 0 Å². The first-order valence-electron chi connectivity index (χ1n) is 12.3. The lowest BCUT2D eigenvalue weighted by atomic mass is 10.1. The third kappa shape index (κ3) is 18.4. The van der Waals surface area contributed by atoms with Crippen molar-refractivity contribution >= 4 is 17.9 Å². The van der Waals surface area contributed by atoms with Crippen LogP contribution in [0.2, 0.25) is 0 Å². The smallest absolute Gasteiger partial charge is 0.306 e. The van der Waals surface area contributed by atoms with Gasteiger partial charge in [0.1, 0.15) is 13.2 Å². The molecule has 9 heteroatoms. The molecule has 0 fully saturated rings. The second-order valence-corrected chi connectivity index (χ2v) is 8.42. The van der Waals surface area contributed by atoms with E-state index in [2.05, 4.69) is 0 Å². The van der Waals surface area contributed by atoms with Gasteiger partial charge in [0.25, 0.3) is 0 Å². The summed E-state index contributed by atoms with van der Waals surface area (Å²) in [5.74, 6) is -1.67. The van der Waals surface area contributed by atoms with Crippen LogP contribution in [0.4, 0.5) is 0 Å². The van der Waals surface area contributed by atoms with Gasteiger partial charge in [0, 0.05) is 19.3 Å². The predicted octanol–water partition coefficient (Wildman–Crippen LogP) is 2.81. The Balaban J connectivity index is 4.63. The normalized spacial score (nSPS) is 14.7. The molecule has 3 atom stereocenters. The van der Waals surface area contributed by atoms with Crippen molar-refractivity contribution in [3.63, 3.8) is 0 Å². The minimum atomic E-state index is -0.977. The molecule has 0 spiro atoms. The van der Waals surface area contributed by atoms with Gasteiger partial charge in [-0.25, -0.2) is 0 Å². The summed E-state index contributed by atoms with van der Waals surface area (Å²) in [4.78, 5) is 36.1. The van der Waals surface area contributed by atoms with Gasteiger partial charge < -0.3 is 29.5 Å². The monoisotopic (exact) mass is 476 g/mol. The highest BCUT2D eigenvalue weighted by Gasteiger charge is 2.21. The number of hydrogen-bond acceptors (Lipinski definition) is 9. The molecule has 0 saturated heterocycles. The van der Waals surface area contributed by atoms with Crippen LogP contribution in [0.3, 0.4) is 0 Å². The Kier molecular flexibility index (Phi) is 18.7. The Morgan fingerprint density at radius 3 is 1.24 bits per heavy atom. The maximum absolute atomic E-state index is 12.1. The van der Waals surface area contributed by atoms with E-state index in [4.69, 9.17) is 14.2 Å². The van der Waals surface area contributed by atoms with Gasteiger partial charge in [0.05, 0.1) is 18.3 Å². The molecule has 0 heterocycles. The van der Waals surface area contributed by atoms with Gasteiger partial charge in [-0.05, 0) is 38.5 Å². The SMILES string of the molecule is CCCC(O)CCC(=O)OCC(COC(=O)CCC(O)CCC)OC(=O)CCC(O)CCC. The van der Waals surface area contributed by atoms with E-state index >= 15 is 0 Å². The molecule has 0 saturated carbocycles. The molecular weight excluding hydrogens is 432 g/mol. The molecule has 194 valence electrons. The van der Waals surface area contributed by atoms with Crippen LogP contribution in [-0.2, 0) is 28.6 Å². The van der Waals surface area contributed by atoms with Crippen molar-refractivity contribution < 1.29 is 43.9 Å². The van der Waals surface area contributed by atoms with Gasteiger partial charge in [-0.2, -0.15) is 0 Å². The minimum Gasteiger partial charge on any atom is -0.462 e. The maximum Gasteiger partial charge on any atom is 0.306 e. The van der Waals surface area contributed by atoms with Gasteiger partial charge in [-0.1, -0.05) is 40.0 Å². The van der Waals surface area contributed by atoms with Crippen LogP contribution in [-0.4, -0.2) is 70.9 Å². The number of ether oxygens (including phenoxy) is 3. The maximum atomic E-state index is 12.1. The zero-order chi connectivity index (χ0) is 25.1. The first-order chi connectivity index (χ1) is 15.7. The van der Waals surface area contributed by atoms with Crippen LogP contribution in [0.25, 0.3) is 0 Å². The lowest BCUT2D eigenvalue weighted by molar-refractivity contribution is -0.167. The van der Waals surface area contributed by atoms with E-state index in [1.165, 1.54) is 0 Å². The third-order valence-electron chi connectivity index (χ3n) is 5.07. The summed E-state index contributed by atoms with van der Waals surface area (Å²) in [7, 11) is 0. The summed E-state index contributed by atoms with van der Waals surface area (Å²) in [6.45, 7) is 5.25. The number of aliphatic hydroxyl groups is 3. The predicted molar refractivity (Wildman–Crippen MR) is 122 cm³/mol. The van der Waals surface area contributed by atoms with E-state index in [9.17, 15) is 29.7 Å². The zero-order valence-corrected chi connectivity index (χ0v) is 20.5. The van der Waals surface area contributed by atoms with Crippen molar-refractivity contribution in [3.05, 3.63) is 0 Å². The molecule has 3 N–H and O–H groups in total. The number of rotatable bonds is 20. The zero-order valence-electron chi connectivity index (χ0n) is 20.5. The van der Waals surface area contributed by atoms with Crippen LogP contribution in [0.15, 0.2) is 0 Å². The quantitative estimate of drug-likeness (QED) is 0.179.